The minimum Gasteiger partial charge on any atom is -0.459 e. The fourth-order valence-corrected chi connectivity index (χ4v) is 7.22. The van der Waals surface area contributed by atoms with E-state index in [1.54, 1.807) is 4.90 Å². The second-order valence-corrected chi connectivity index (χ2v) is 16.5. The molecule has 2 unspecified atom stereocenters. The van der Waals surface area contributed by atoms with Crippen molar-refractivity contribution < 1.29 is 19.1 Å². The van der Waals surface area contributed by atoms with Crippen molar-refractivity contribution in [1.82, 2.24) is 19.5 Å². The van der Waals surface area contributed by atoms with Gasteiger partial charge in [0, 0.05) is 30.5 Å². The van der Waals surface area contributed by atoms with E-state index in [-0.39, 0.29) is 62.7 Å². The molecule has 46 heavy (non-hydrogen) atoms. The fourth-order valence-electron chi connectivity index (χ4n) is 7.22. The van der Waals surface area contributed by atoms with E-state index in [9.17, 15) is 9.59 Å². The van der Waals surface area contributed by atoms with Crippen LogP contribution in [0.1, 0.15) is 108 Å². The largest absolute Gasteiger partial charge is 0.459 e. The zero-order valence-corrected chi connectivity index (χ0v) is 29.3. The van der Waals surface area contributed by atoms with E-state index in [0.717, 1.165) is 18.4 Å². The fraction of sp³-hybridized carbons (Fsp3) is 0.622. The molecule has 1 saturated carbocycles. The number of H-pyrrole nitrogens is 1. The molecule has 2 atom stereocenters. The highest BCUT2D eigenvalue weighted by atomic mass is 16.5. The number of amides is 1. The summed E-state index contributed by atoms with van der Waals surface area (Å²) in [6.45, 7) is 31.8. The predicted octanol–water partition coefficient (Wildman–Crippen LogP) is 7.93. The van der Waals surface area contributed by atoms with Gasteiger partial charge in [-0.3, -0.25) is 9.89 Å². The van der Waals surface area contributed by atoms with Crippen LogP contribution in [0.2, 0.25) is 0 Å². The normalized spacial score (nSPS) is 22.9. The Kier molecular flexibility index (Phi) is 8.93. The van der Waals surface area contributed by atoms with Crippen LogP contribution in [0.25, 0.3) is 21.9 Å². The molecule has 1 saturated heterocycles. The smallest absolute Gasteiger partial charge is 0.331 e. The number of hydrogen-bond acceptors (Lipinski definition) is 5. The van der Waals surface area contributed by atoms with Gasteiger partial charge in [-0.05, 0) is 40.6 Å². The van der Waals surface area contributed by atoms with Crippen molar-refractivity contribution in [3.63, 3.8) is 0 Å². The number of morpholine rings is 1. The quantitative estimate of drug-likeness (QED) is 0.234. The van der Waals surface area contributed by atoms with Gasteiger partial charge in [0.15, 0.2) is 11.5 Å². The van der Waals surface area contributed by atoms with Crippen LogP contribution in [0.3, 0.4) is 0 Å². The summed E-state index contributed by atoms with van der Waals surface area (Å²) in [5.41, 5.74) is 2.12. The highest BCUT2D eigenvalue weighted by Crippen LogP contribution is 2.50. The lowest BCUT2D eigenvalue weighted by atomic mass is 9.59. The molecule has 1 aliphatic heterocycles. The molecule has 3 heterocycles. The molecule has 0 radical (unpaired) electrons. The van der Waals surface area contributed by atoms with E-state index in [0.29, 0.717) is 38.0 Å². The first-order valence-corrected chi connectivity index (χ1v) is 16.6. The van der Waals surface area contributed by atoms with Crippen LogP contribution >= 0.6 is 0 Å². The summed E-state index contributed by atoms with van der Waals surface area (Å²) >= 11 is 0. The van der Waals surface area contributed by atoms with Crippen molar-refractivity contribution in [1.29, 1.82) is 0 Å². The maximum absolute atomic E-state index is 14.5. The maximum Gasteiger partial charge on any atom is 0.331 e. The zero-order chi connectivity index (χ0) is 33.8. The molecule has 5 rings (SSSR count). The van der Waals surface area contributed by atoms with E-state index < -0.39 is 5.97 Å². The molecular weight excluding hydrogens is 578 g/mol. The van der Waals surface area contributed by atoms with Gasteiger partial charge < -0.3 is 14.4 Å². The summed E-state index contributed by atoms with van der Waals surface area (Å²) in [6, 6.07) is 8.11. The van der Waals surface area contributed by atoms with Crippen molar-refractivity contribution in [2.45, 2.75) is 93.6 Å². The Balaban J connectivity index is 1.64. The summed E-state index contributed by atoms with van der Waals surface area (Å²) in [6.07, 6.45) is 1.55. The number of nitrogens with one attached hydrogen (secondary N) is 1. The number of hydrogen-bond donors (Lipinski definition) is 1. The maximum atomic E-state index is 14.5. The van der Waals surface area contributed by atoms with Crippen molar-refractivity contribution in [2.24, 2.45) is 28.6 Å². The molecule has 3 aromatic rings. The van der Waals surface area contributed by atoms with Gasteiger partial charge in [0.25, 0.3) is 5.91 Å². The van der Waals surface area contributed by atoms with Crippen LogP contribution in [-0.2, 0) is 14.9 Å². The summed E-state index contributed by atoms with van der Waals surface area (Å²) in [5, 5.41) is 3.26. The average Bonchev–Trinajstić information content (AvgIpc) is 3.53. The zero-order valence-electron chi connectivity index (χ0n) is 29.3. The van der Waals surface area contributed by atoms with E-state index in [1.807, 2.05) is 12.1 Å². The molecule has 0 spiro atoms. The Morgan fingerprint density at radius 2 is 1.52 bits per heavy atom. The molecule has 1 aliphatic carbocycles. The summed E-state index contributed by atoms with van der Waals surface area (Å²) in [7, 11) is 0. The van der Waals surface area contributed by atoms with Gasteiger partial charge in [-0.15, -0.1) is 0 Å². The Hall–Kier alpha value is -3.64. The Bertz CT molecular complexity index is 1610. The molecule has 1 aromatic carbocycles. The van der Waals surface area contributed by atoms with Crippen molar-refractivity contribution in [2.75, 3.05) is 26.3 Å². The molecule has 9 heteroatoms. The third kappa shape index (κ3) is 6.46. The number of ether oxygens (including phenoxy) is 2. The molecule has 1 N–H and O–H groups in total. The van der Waals surface area contributed by atoms with Crippen LogP contribution in [0.5, 0.6) is 0 Å². The molecular formula is C37H51N5O4. The monoisotopic (exact) mass is 629 g/mol. The van der Waals surface area contributed by atoms with Gasteiger partial charge in [-0.1, -0.05) is 93.5 Å². The van der Waals surface area contributed by atoms with E-state index >= 15 is 0 Å². The van der Waals surface area contributed by atoms with E-state index in [1.165, 1.54) is 10.1 Å². The van der Waals surface area contributed by atoms with Crippen LogP contribution in [0.4, 0.5) is 5.69 Å². The number of aromatic amines is 1. The number of fused-ring (bicyclic) bond motifs is 1. The number of carbonyl (C=O) groups excluding carboxylic acids is 2. The van der Waals surface area contributed by atoms with Gasteiger partial charge in [-0.2, -0.15) is 0 Å². The Morgan fingerprint density at radius 3 is 2.02 bits per heavy atom. The van der Waals surface area contributed by atoms with Crippen molar-refractivity contribution >= 4 is 23.2 Å². The SMILES string of the molecule is [C-]#[N+]c1c(C(=O)OC2C(C(C)(C)C)CC(C)CC2C(C)(C)C)c2nc(-c3ccc(C(C)(C)C)cc3)[nH]n2c1C(=O)N1CCOCC1. The molecule has 2 aromatic heterocycles. The van der Waals surface area contributed by atoms with Crippen LogP contribution in [0, 0.1) is 35.2 Å². The lowest BCUT2D eigenvalue weighted by Gasteiger charge is -2.50. The number of esters is 1. The molecule has 1 amide bonds. The topological polar surface area (TPSA) is 93.3 Å². The second kappa shape index (κ2) is 12.2. The lowest BCUT2D eigenvalue weighted by Crippen LogP contribution is -2.49. The highest BCUT2D eigenvalue weighted by Gasteiger charge is 2.48. The van der Waals surface area contributed by atoms with Crippen LogP contribution in [0.15, 0.2) is 24.3 Å². The van der Waals surface area contributed by atoms with Gasteiger partial charge in [-0.25, -0.2) is 19.1 Å². The molecule has 0 bridgehead atoms. The van der Waals surface area contributed by atoms with E-state index in [4.69, 9.17) is 21.0 Å². The number of nitrogens with zero attached hydrogens (tertiary/aromatic N) is 4. The first-order chi connectivity index (χ1) is 21.4. The third-order valence-corrected chi connectivity index (χ3v) is 9.97. The number of benzene rings is 1. The van der Waals surface area contributed by atoms with Crippen LogP contribution < -0.4 is 0 Å². The Labute approximate surface area is 273 Å². The minimum atomic E-state index is -0.603. The van der Waals surface area contributed by atoms with Crippen LogP contribution in [-0.4, -0.2) is 63.8 Å². The summed E-state index contributed by atoms with van der Waals surface area (Å²) < 4.78 is 13.6. The number of aromatic nitrogens is 3. The third-order valence-electron chi connectivity index (χ3n) is 9.97. The van der Waals surface area contributed by atoms with Crippen molar-refractivity contribution in [3.8, 4) is 11.4 Å². The van der Waals surface area contributed by atoms with Gasteiger partial charge >= 0.3 is 5.97 Å². The molecule has 248 valence electrons. The number of carbonyl (C=O) groups is 2. The summed E-state index contributed by atoms with van der Waals surface area (Å²) in [5.74, 6) is 0.319. The first kappa shape index (κ1) is 33.7. The molecule has 2 aliphatic rings. The Morgan fingerprint density at radius 1 is 0.957 bits per heavy atom. The minimum absolute atomic E-state index is 0.0132. The summed E-state index contributed by atoms with van der Waals surface area (Å²) in [4.78, 5) is 38.8. The standard InChI is InChI=1S/C37H51N5O4/c1-22-20-25(36(5,6)7)30(26(21-22)37(8,9)10)46-34(44)27-28(38-11)29(33(43)41-16-18-45-19-17-41)42-32(27)39-31(40-42)23-12-14-24(15-13-23)35(2,3)4/h12-15,22,25-26,30H,16-21H2,1-10H3,(H,39,40). The lowest BCUT2D eigenvalue weighted by molar-refractivity contribution is -0.0922. The highest BCUT2D eigenvalue weighted by molar-refractivity contribution is 6.11. The van der Waals surface area contributed by atoms with E-state index in [2.05, 4.69) is 91.3 Å². The van der Waals surface area contributed by atoms with Gasteiger partial charge in [0.05, 0.1) is 19.8 Å². The first-order valence-electron chi connectivity index (χ1n) is 16.6. The second-order valence-electron chi connectivity index (χ2n) is 16.5. The molecule has 2 fully saturated rings. The van der Waals surface area contributed by atoms with Gasteiger partial charge in [0.2, 0.25) is 5.69 Å². The molecule has 9 nitrogen and oxygen atoms in total. The van der Waals surface area contributed by atoms with Gasteiger partial charge in [0.1, 0.15) is 17.4 Å². The number of rotatable bonds is 4. The average molecular weight is 630 g/mol. The predicted molar refractivity (Wildman–Crippen MR) is 180 cm³/mol. The van der Waals surface area contributed by atoms with Crippen molar-refractivity contribution in [3.05, 3.63) is 52.5 Å².